The lowest BCUT2D eigenvalue weighted by Gasteiger charge is -2.09. The van der Waals surface area contributed by atoms with Gasteiger partial charge in [0.1, 0.15) is 23.3 Å². The van der Waals surface area contributed by atoms with E-state index in [4.69, 9.17) is 8.94 Å². The molecule has 1 heterocycles. The topological polar surface area (TPSA) is 97.0 Å². The summed E-state index contributed by atoms with van der Waals surface area (Å²) in [5.74, 6) is 0.250. The maximum atomic E-state index is 12.5. The van der Waals surface area contributed by atoms with E-state index < -0.39 is 7.60 Å². The van der Waals surface area contributed by atoms with E-state index in [-0.39, 0.29) is 16.9 Å². The number of aromatic hydroxyl groups is 1. The maximum Gasteiger partial charge on any atom is 0.373 e. The molecule has 7 heteroatoms. The van der Waals surface area contributed by atoms with Crippen LogP contribution in [0.3, 0.4) is 0 Å². The average molecular weight is 332 g/mol. The molecule has 0 amide bonds. The largest absolute Gasteiger partial charge is 0.508 e. The molecule has 118 valence electrons. The van der Waals surface area contributed by atoms with Crippen molar-refractivity contribution in [2.75, 3.05) is 6.66 Å². The second-order valence-electron chi connectivity index (χ2n) is 5.08. The van der Waals surface area contributed by atoms with Gasteiger partial charge < -0.3 is 18.9 Å². The van der Waals surface area contributed by atoms with Gasteiger partial charge in [0.2, 0.25) is 0 Å². The van der Waals surface area contributed by atoms with E-state index in [1.807, 2.05) is 0 Å². The van der Waals surface area contributed by atoms with E-state index in [0.717, 1.165) is 6.66 Å². The standard InChI is InChI=1S/C16H13O6P/c1-23(19,20)22-12-5-2-10(3-6-12)14-9-21-15-8-11(17)4-7-13(15)16(14)18/h2-9,17H,1H3,(H,19,20). The SMILES string of the molecule is CP(=O)(O)Oc1ccc(-c2coc3cc(O)ccc3c2=O)cc1. The van der Waals surface area contributed by atoms with Crippen molar-refractivity contribution in [2.45, 2.75) is 0 Å². The molecule has 0 spiro atoms. The summed E-state index contributed by atoms with van der Waals surface area (Å²) in [5.41, 5.74) is 0.998. The number of hydrogen-bond donors (Lipinski definition) is 2. The Morgan fingerprint density at radius 2 is 1.83 bits per heavy atom. The Bertz CT molecular complexity index is 968. The molecule has 0 bridgehead atoms. The fraction of sp³-hybridized carbons (Fsp3) is 0.0625. The molecule has 1 unspecified atom stereocenters. The summed E-state index contributed by atoms with van der Waals surface area (Å²) in [5, 5.41) is 9.77. The van der Waals surface area contributed by atoms with Crippen molar-refractivity contribution in [2.24, 2.45) is 0 Å². The van der Waals surface area contributed by atoms with Gasteiger partial charge in [-0.05, 0) is 29.8 Å². The molecule has 1 aromatic heterocycles. The molecule has 3 rings (SSSR count). The minimum absolute atomic E-state index is 0.0166. The molecule has 0 saturated heterocycles. The van der Waals surface area contributed by atoms with Gasteiger partial charge in [-0.15, -0.1) is 0 Å². The van der Waals surface area contributed by atoms with E-state index >= 15 is 0 Å². The highest BCUT2D eigenvalue weighted by atomic mass is 31.2. The van der Waals surface area contributed by atoms with Crippen molar-refractivity contribution in [3.05, 3.63) is 59.0 Å². The number of hydrogen-bond acceptors (Lipinski definition) is 5. The number of phenols is 1. The van der Waals surface area contributed by atoms with Crippen molar-refractivity contribution < 1.29 is 23.5 Å². The normalized spacial score (nSPS) is 13.7. The van der Waals surface area contributed by atoms with Crippen LogP contribution in [0.1, 0.15) is 0 Å². The molecule has 2 N–H and O–H groups in total. The lowest BCUT2D eigenvalue weighted by atomic mass is 10.1. The molecule has 6 nitrogen and oxygen atoms in total. The van der Waals surface area contributed by atoms with Crippen LogP contribution < -0.4 is 9.95 Å². The van der Waals surface area contributed by atoms with Gasteiger partial charge in [-0.3, -0.25) is 4.79 Å². The molecule has 0 radical (unpaired) electrons. The monoisotopic (exact) mass is 332 g/mol. The van der Waals surface area contributed by atoms with Crippen LogP contribution in [0.4, 0.5) is 0 Å². The van der Waals surface area contributed by atoms with E-state index in [2.05, 4.69) is 0 Å². The van der Waals surface area contributed by atoms with E-state index in [9.17, 15) is 19.4 Å². The Morgan fingerprint density at radius 3 is 2.48 bits per heavy atom. The second kappa shape index (κ2) is 5.57. The summed E-state index contributed by atoms with van der Waals surface area (Å²) in [6, 6.07) is 10.5. The molecule has 1 atom stereocenters. The molecular weight excluding hydrogens is 319 g/mol. The van der Waals surface area contributed by atoms with Gasteiger partial charge in [0.05, 0.1) is 10.9 Å². The van der Waals surface area contributed by atoms with Crippen molar-refractivity contribution in [1.82, 2.24) is 0 Å². The summed E-state index contributed by atoms with van der Waals surface area (Å²) in [4.78, 5) is 21.7. The zero-order chi connectivity index (χ0) is 16.6. The first-order valence-corrected chi connectivity index (χ1v) is 8.71. The highest BCUT2D eigenvalue weighted by Crippen LogP contribution is 2.38. The molecule has 0 aliphatic rings. The van der Waals surface area contributed by atoms with Crippen LogP contribution in [-0.4, -0.2) is 16.7 Å². The van der Waals surface area contributed by atoms with Crippen LogP contribution in [0.2, 0.25) is 0 Å². The minimum Gasteiger partial charge on any atom is -0.508 e. The summed E-state index contributed by atoms with van der Waals surface area (Å²) in [6.07, 6.45) is 1.32. The lowest BCUT2D eigenvalue weighted by Crippen LogP contribution is -2.04. The van der Waals surface area contributed by atoms with Gasteiger partial charge >= 0.3 is 7.60 Å². The van der Waals surface area contributed by atoms with E-state index in [1.54, 1.807) is 12.1 Å². The maximum absolute atomic E-state index is 12.5. The van der Waals surface area contributed by atoms with Gasteiger partial charge in [0, 0.05) is 12.7 Å². The molecule has 0 saturated carbocycles. The van der Waals surface area contributed by atoms with E-state index in [1.165, 1.54) is 36.6 Å². The van der Waals surface area contributed by atoms with Gasteiger partial charge in [-0.1, -0.05) is 12.1 Å². The second-order valence-corrected chi connectivity index (χ2v) is 6.87. The van der Waals surface area contributed by atoms with Crippen LogP contribution in [0.5, 0.6) is 11.5 Å². The van der Waals surface area contributed by atoms with Crippen molar-refractivity contribution >= 4 is 18.6 Å². The number of fused-ring (bicyclic) bond motifs is 1. The summed E-state index contributed by atoms with van der Waals surface area (Å²) < 4.78 is 21.5. The van der Waals surface area contributed by atoms with Crippen molar-refractivity contribution in [3.63, 3.8) is 0 Å². The first-order valence-electron chi connectivity index (χ1n) is 6.68. The third-order valence-corrected chi connectivity index (χ3v) is 3.75. The zero-order valence-electron chi connectivity index (χ0n) is 12.1. The van der Waals surface area contributed by atoms with Crippen LogP contribution in [-0.2, 0) is 4.57 Å². The summed E-state index contributed by atoms with van der Waals surface area (Å²) in [6.45, 7) is 1.09. The molecule has 0 aliphatic carbocycles. The third kappa shape index (κ3) is 3.28. The summed E-state index contributed by atoms with van der Waals surface area (Å²) in [7, 11) is -3.63. The Hall–Kier alpha value is -2.56. The van der Waals surface area contributed by atoms with Crippen LogP contribution in [0.15, 0.2) is 57.9 Å². The van der Waals surface area contributed by atoms with Crippen LogP contribution >= 0.6 is 7.60 Å². The van der Waals surface area contributed by atoms with Crippen molar-refractivity contribution in [1.29, 1.82) is 0 Å². The quantitative estimate of drug-likeness (QED) is 0.714. The first kappa shape index (κ1) is 15.3. The number of benzene rings is 2. The van der Waals surface area contributed by atoms with Crippen LogP contribution in [0, 0.1) is 0 Å². The molecule has 3 aromatic rings. The van der Waals surface area contributed by atoms with Crippen molar-refractivity contribution in [3.8, 4) is 22.6 Å². The first-order chi connectivity index (χ1) is 10.8. The van der Waals surface area contributed by atoms with E-state index in [0.29, 0.717) is 22.1 Å². The fourth-order valence-corrected chi connectivity index (χ4v) is 2.72. The summed E-state index contributed by atoms with van der Waals surface area (Å²) >= 11 is 0. The smallest absolute Gasteiger partial charge is 0.373 e. The van der Waals surface area contributed by atoms with Gasteiger partial charge in [-0.25, -0.2) is 4.57 Å². The fourth-order valence-electron chi connectivity index (χ4n) is 2.21. The predicted octanol–water partition coefficient (Wildman–Crippen LogP) is 3.36. The molecule has 0 aliphatic heterocycles. The molecule has 0 fully saturated rings. The van der Waals surface area contributed by atoms with Gasteiger partial charge in [0.15, 0.2) is 5.43 Å². The van der Waals surface area contributed by atoms with Gasteiger partial charge in [0.25, 0.3) is 0 Å². The molecular formula is C16H13O6P. The Kier molecular flexibility index (Phi) is 3.72. The Balaban J connectivity index is 2.03. The highest BCUT2D eigenvalue weighted by Gasteiger charge is 2.13. The predicted molar refractivity (Wildman–Crippen MR) is 86.0 cm³/mol. The third-order valence-electron chi connectivity index (χ3n) is 3.20. The molecule has 2 aromatic carbocycles. The number of rotatable bonds is 3. The minimum atomic E-state index is -3.63. The number of phenolic OH excluding ortho intramolecular Hbond substituents is 1. The van der Waals surface area contributed by atoms with Gasteiger partial charge in [-0.2, -0.15) is 0 Å². The Morgan fingerprint density at radius 1 is 1.13 bits per heavy atom. The van der Waals surface area contributed by atoms with Crippen LogP contribution in [0.25, 0.3) is 22.1 Å². The highest BCUT2D eigenvalue weighted by molar-refractivity contribution is 7.52. The lowest BCUT2D eigenvalue weighted by molar-refractivity contribution is 0.387. The average Bonchev–Trinajstić information content (AvgIpc) is 2.47. The molecule has 23 heavy (non-hydrogen) atoms. The Labute approximate surface area is 131 Å². The zero-order valence-corrected chi connectivity index (χ0v) is 13.0.